The molecule has 0 saturated carbocycles. The molecule has 0 rings (SSSR count). The van der Waals surface area contributed by atoms with Gasteiger partial charge < -0.3 is 9.66 Å². The first-order valence-electron chi connectivity index (χ1n) is 12.5. The van der Waals surface area contributed by atoms with E-state index in [4.69, 9.17) is 0 Å². The van der Waals surface area contributed by atoms with E-state index in [-0.39, 0.29) is 57.5 Å². The number of hydrogen-bond acceptors (Lipinski definition) is 4. The smallest absolute Gasteiger partial charge is 0.748 e. The van der Waals surface area contributed by atoms with Crippen LogP contribution in [0, 0.1) is 0 Å². The van der Waals surface area contributed by atoms with Gasteiger partial charge in [0.1, 0.15) is 0 Å². The quantitative estimate of drug-likeness (QED) is 0.146. The molecule has 0 fully saturated rings. The van der Waals surface area contributed by atoms with Crippen molar-refractivity contribution in [1.82, 2.24) is 0 Å². The van der Waals surface area contributed by atoms with E-state index in [1.807, 2.05) is 0 Å². The van der Waals surface area contributed by atoms with Crippen LogP contribution >= 0.6 is 0 Å². The van der Waals surface area contributed by atoms with Gasteiger partial charge >= 0.3 is 51.4 Å². The van der Waals surface area contributed by atoms with Gasteiger partial charge in [0.15, 0.2) is 0 Å². The Hall–Kier alpha value is 1.51. The largest absolute Gasteiger partial charge is 1.00 e. The Labute approximate surface area is 230 Å². The third-order valence-electron chi connectivity index (χ3n) is 6.03. The summed E-state index contributed by atoms with van der Waals surface area (Å²) in [5.74, 6) is 0. The van der Waals surface area contributed by atoms with E-state index >= 15 is 0 Å². The van der Waals surface area contributed by atoms with Crippen molar-refractivity contribution in [3.63, 3.8) is 0 Å². The van der Waals surface area contributed by atoms with Crippen molar-refractivity contribution in [2.45, 2.75) is 154 Å². The summed E-state index contributed by atoms with van der Waals surface area (Å²) < 4.78 is 32.4. The zero-order chi connectivity index (χ0) is 21.8. The second-order valence-corrected chi connectivity index (χ2v) is 10.8. The Morgan fingerprint density at radius 2 is 0.933 bits per heavy atom. The molecule has 0 aromatic carbocycles. The van der Waals surface area contributed by atoms with E-state index in [2.05, 4.69) is 6.92 Å². The summed E-state index contributed by atoms with van der Waals surface area (Å²) in [6.07, 6.45) is 23.3. The molecule has 0 saturated heterocycles. The van der Waals surface area contributed by atoms with Crippen LogP contribution < -0.4 is 51.4 Å². The summed E-state index contributed by atoms with van der Waals surface area (Å²) in [4.78, 5) is 0. The van der Waals surface area contributed by atoms with Crippen molar-refractivity contribution in [1.29, 1.82) is 0 Å². The van der Waals surface area contributed by atoms with Gasteiger partial charge in [-0.05, 0) is 26.2 Å². The normalized spacial score (nSPS) is 13.7. The molecule has 0 aliphatic carbocycles. The molecule has 6 heteroatoms. The van der Waals surface area contributed by atoms with Gasteiger partial charge in [-0.2, -0.15) is 0 Å². The Morgan fingerprint density at radius 1 is 0.633 bits per heavy atom. The third kappa shape index (κ3) is 24.2. The summed E-state index contributed by atoms with van der Waals surface area (Å²) in [5.41, 5.74) is 0. The Kier molecular flexibility index (Phi) is 26.6. The molecule has 0 radical (unpaired) electrons. The van der Waals surface area contributed by atoms with Crippen molar-refractivity contribution in [3.05, 3.63) is 0 Å². The molecule has 2 unspecified atom stereocenters. The first kappa shape index (κ1) is 33.7. The number of aliphatic hydroxyl groups is 1. The molecule has 176 valence electrons. The summed E-state index contributed by atoms with van der Waals surface area (Å²) in [6.45, 7) is 3.74. The van der Waals surface area contributed by atoms with Gasteiger partial charge in [0.2, 0.25) is 0 Å². The maximum absolute atomic E-state index is 10.8. The van der Waals surface area contributed by atoms with Crippen LogP contribution in [0.1, 0.15) is 142 Å². The predicted octanol–water partition coefficient (Wildman–Crippen LogP) is 4.11. The molecule has 0 heterocycles. The molecular weight excluding hydrogens is 423 g/mol. The Balaban J connectivity index is 0. The molecule has 0 bridgehead atoms. The second kappa shape index (κ2) is 23.7. The first-order chi connectivity index (χ1) is 13.9. The van der Waals surface area contributed by atoms with Crippen molar-refractivity contribution in [3.8, 4) is 0 Å². The fourth-order valence-corrected chi connectivity index (χ4v) is 4.31. The zero-order valence-corrected chi connectivity index (χ0v) is 24.3. The third-order valence-corrected chi connectivity index (χ3v) is 7.25. The average molecular weight is 473 g/mol. The van der Waals surface area contributed by atoms with Crippen LogP contribution in [0.25, 0.3) is 0 Å². The van der Waals surface area contributed by atoms with Crippen LogP contribution in [0.4, 0.5) is 0 Å². The van der Waals surface area contributed by atoms with Gasteiger partial charge in [0.25, 0.3) is 0 Å². The molecular formula is C24H49KO4S. The molecule has 0 aliphatic heterocycles. The van der Waals surface area contributed by atoms with Gasteiger partial charge in [-0.25, -0.2) is 8.42 Å². The first-order valence-corrected chi connectivity index (χ1v) is 14.0. The fraction of sp³-hybridized carbons (Fsp3) is 1.00. The van der Waals surface area contributed by atoms with E-state index in [0.29, 0.717) is 6.42 Å². The molecule has 0 amide bonds. The van der Waals surface area contributed by atoms with Gasteiger partial charge in [-0.1, -0.05) is 116 Å². The number of unbranched alkanes of at least 4 members (excludes halogenated alkanes) is 15. The number of aliphatic hydroxyl groups excluding tert-OH is 1. The maximum atomic E-state index is 10.8. The standard InChI is InChI=1S/C24H50O4S.K/c1-3-4-5-18-21-24(25)22-19-16-14-12-10-8-6-7-9-11-13-15-17-20-23(2)29(26,27)28;/h23-25H,3-22H2,1-2H3,(H,26,27,28);/q;+1/p-1. The van der Waals surface area contributed by atoms with Crippen LogP contribution in [0.3, 0.4) is 0 Å². The zero-order valence-electron chi connectivity index (χ0n) is 20.4. The van der Waals surface area contributed by atoms with Crippen molar-refractivity contribution >= 4 is 10.1 Å². The SMILES string of the molecule is CCCCCCC(O)CCCCCCCCCCCCCCCC(C)S(=O)(=O)[O-].[K+]. The molecule has 1 N–H and O–H groups in total. The molecule has 0 aliphatic rings. The predicted molar refractivity (Wildman–Crippen MR) is 123 cm³/mol. The molecule has 0 aromatic rings. The monoisotopic (exact) mass is 472 g/mol. The summed E-state index contributed by atoms with van der Waals surface area (Å²) in [5, 5.41) is 9.23. The Bertz CT molecular complexity index is 442. The van der Waals surface area contributed by atoms with Crippen LogP contribution in [-0.4, -0.2) is 29.4 Å². The minimum Gasteiger partial charge on any atom is -0.748 e. The van der Waals surface area contributed by atoms with E-state index < -0.39 is 15.4 Å². The molecule has 0 spiro atoms. The molecule has 30 heavy (non-hydrogen) atoms. The van der Waals surface area contributed by atoms with Crippen LogP contribution in [-0.2, 0) is 10.1 Å². The average Bonchev–Trinajstić information content (AvgIpc) is 2.67. The summed E-state index contributed by atoms with van der Waals surface area (Å²) in [7, 11) is -4.09. The van der Waals surface area contributed by atoms with Gasteiger partial charge in [-0.15, -0.1) is 0 Å². The van der Waals surface area contributed by atoms with Crippen molar-refractivity contribution < 1.29 is 69.5 Å². The maximum Gasteiger partial charge on any atom is 1.00 e. The molecule has 2 atom stereocenters. The van der Waals surface area contributed by atoms with E-state index in [1.165, 1.54) is 96.8 Å². The van der Waals surface area contributed by atoms with Crippen molar-refractivity contribution in [2.24, 2.45) is 0 Å². The van der Waals surface area contributed by atoms with E-state index in [9.17, 15) is 18.1 Å². The minimum absolute atomic E-state index is 0. The van der Waals surface area contributed by atoms with Gasteiger partial charge in [0, 0.05) is 5.25 Å². The minimum atomic E-state index is -4.09. The van der Waals surface area contributed by atoms with Crippen LogP contribution in [0.15, 0.2) is 0 Å². The van der Waals surface area contributed by atoms with Crippen LogP contribution in [0.2, 0.25) is 0 Å². The molecule has 0 aromatic heterocycles. The number of hydrogen-bond donors (Lipinski definition) is 1. The summed E-state index contributed by atoms with van der Waals surface area (Å²) in [6, 6.07) is 0. The topological polar surface area (TPSA) is 77.4 Å². The fourth-order valence-electron chi connectivity index (χ4n) is 3.85. The molecule has 4 nitrogen and oxygen atoms in total. The second-order valence-electron chi connectivity index (χ2n) is 8.98. The van der Waals surface area contributed by atoms with Gasteiger partial charge in [0.05, 0.1) is 16.2 Å². The van der Waals surface area contributed by atoms with Crippen LogP contribution in [0.5, 0.6) is 0 Å². The number of rotatable bonds is 22. The summed E-state index contributed by atoms with van der Waals surface area (Å²) >= 11 is 0. The van der Waals surface area contributed by atoms with E-state index in [0.717, 1.165) is 32.1 Å². The van der Waals surface area contributed by atoms with Crippen molar-refractivity contribution in [2.75, 3.05) is 0 Å². The van der Waals surface area contributed by atoms with E-state index in [1.54, 1.807) is 0 Å². The Morgan fingerprint density at radius 3 is 1.27 bits per heavy atom. The van der Waals surface area contributed by atoms with Gasteiger partial charge in [-0.3, -0.25) is 0 Å².